The van der Waals surface area contributed by atoms with Crippen molar-refractivity contribution in [2.24, 2.45) is 12.2 Å². The summed E-state index contributed by atoms with van der Waals surface area (Å²) in [5.74, 6) is -0.335. The quantitative estimate of drug-likeness (QED) is 0.146. The second kappa shape index (κ2) is 12.2. The second-order valence-electron chi connectivity index (χ2n) is 7.94. The van der Waals surface area contributed by atoms with Crippen molar-refractivity contribution in [3.63, 3.8) is 0 Å². The van der Waals surface area contributed by atoms with Crippen LogP contribution in [0, 0.1) is 0 Å². The SMILES string of the molecule is COc1ccc(C(OC(C)=O)C(=O)NC(O/N=C(/c2ccccc2)c2nnnn2C)c2ccccn2)cc1. The molecule has 0 bridgehead atoms. The van der Waals surface area contributed by atoms with Crippen LogP contribution in [0.25, 0.3) is 0 Å². The molecule has 2 heterocycles. The van der Waals surface area contributed by atoms with Gasteiger partial charge in [-0.05, 0) is 34.7 Å². The highest BCUT2D eigenvalue weighted by Crippen LogP contribution is 2.23. The van der Waals surface area contributed by atoms with E-state index in [-0.39, 0.29) is 0 Å². The molecule has 12 nitrogen and oxygen atoms in total. The van der Waals surface area contributed by atoms with Crippen LogP contribution in [0.15, 0.2) is 84.1 Å². The van der Waals surface area contributed by atoms with Gasteiger partial charge >= 0.3 is 5.97 Å². The van der Waals surface area contributed by atoms with Crippen molar-refractivity contribution in [2.45, 2.75) is 19.3 Å². The highest BCUT2D eigenvalue weighted by atomic mass is 16.6. The first-order chi connectivity index (χ1) is 18.5. The van der Waals surface area contributed by atoms with Crippen LogP contribution in [0.2, 0.25) is 0 Å². The molecule has 2 aromatic carbocycles. The third kappa shape index (κ3) is 6.35. The molecule has 0 aliphatic heterocycles. The van der Waals surface area contributed by atoms with Crippen molar-refractivity contribution in [2.75, 3.05) is 7.11 Å². The minimum Gasteiger partial charge on any atom is -0.497 e. The monoisotopic (exact) mass is 515 g/mol. The summed E-state index contributed by atoms with van der Waals surface area (Å²) in [6.45, 7) is 1.22. The number of esters is 1. The van der Waals surface area contributed by atoms with Gasteiger partial charge in [0.05, 0.1) is 7.11 Å². The Balaban J connectivity index is 1.66. The van der Waals surface area contributed by atoms with Gasteiger partial charge in [0.25, 0.3) is 5.91 Å². The van der Waals surface area contributed by atoms with Crippen molar-refractivity contribution in [1.29, 1.82) is 0 Å². The molecule has 0 fully saturated rings. The fourth-order valence-electron chi connectivity index (χ4n) is 3.46. The Morgan fingerprint density at radius 1 is 1.00 bits per heavy atom. The Morgan fingerprint density at radius 2 is 1.74 bits per heavy atom. The average molecular weight is 516 g/mol. The fourth-order valence-corrected chi connectivity index (χ4v) is 3.46. The second-order valence-corrected chi connectivity index (χ2v) is 7.94. The van der Waals surface area contributed by atoms with Gasteiger partial charge in [0.1, 0.15) is 11.4 Å². The topological polar surface area (TPSA) is 143 Å². The summed E-state index contributed by atoms with van der Waals surface area (Å²) >= 11 is 0. The van der Waals surface area contributed by atoms with E-state index in [4.69, 9.17) is 14.3 Å². The molecule has 194 valence electrons. The van der Waals surface area contributed by atoms with E-state index in [1.165, 1.54) is 18.7 Å². The molecule has 0 radical (unpaired) electrons. The minimum absolute atomic E-state index is 0.333. The first kappa shape index (κ1) is 25.9. The van der Waals surface area contributed by atoms with Gasteiger partial charge in [-0.15, -0.1) is 5.10 Å². The number of tetrazole rings is 1. The van der Waals surface area contributed by atoms with Crippen molar-refractivity contribution < 1.29 is 23.9 Å². The predicted octanol–water partition coefficient (Wildman–Crippen LogP) is 2.50. The normalized spacial score (nSPS) is 12.8. The lowest BCUT2D eigenvalue weighted by Gasteiger charge is -2.21. The van der Waals surface area contributed by atoms with Gasteiger partial charge in [0.2, 0.25) is 18.2 Å². The molecule has 2 unspecified atom stereocenters. The number of ether oxygens (including phenoxy) is 2. The molecule has 2 atom stereocenters. The zero-order chi connectivity index (χ0) is 26.9. The summed E-state index contributed by atoms with van der Waals surface area (Å²) in [5.41, 5.74) is 1.83. The van der Waals surface area contributed by atoms with Gasteiger partial charge in [-0.25, -0.2) is 4.68 Å². The fraction of sp³-hybridized carbons (Fsp3) is 0.192. The van der Waals surface area contributed by atoms with Gasteiger partial charge in [-0.3, -0.25) is 14.6 Å². The van der Waals surface area contributed by atoms with Gasteiger partial charge in [0, 0.05) is 31.3 Å². The van der Waals surface area contributed by atoms with Crippen molar-refractivity contribution >= 4 is 17.6 Å². The molecule has 1 amide bonds. The minimum atomic E-state index is -1.26. The van der Waals surface area contributed by atoms with Gasteiger partial charge in [0.15, 0.2) is 5.71 Å². The van der Waals surface area contributed by atoms with E-state index in [0.717, 1.165) is 0 Å². The van der Waals surface area contributed by atoms with E-state index in [1.807, 2.05) is 30.3 Å². The van der Waals surface area contributed by atoms with Crippen LogP contribution in [0.1, 0.15) is 41.9 Å². The van der Waals surface area contributed by atoms with Crippen LogP contribution in [0.5, 0.6) is 5.75 Å². The van der Waals surface area contributed by atoms with E-state index in [1.54, 1.807) is 55.7 Å². The molecular formula is C26H25N7O5. The number of methoxy groups -OCH3 is 1. The number of hydrogen-bond acceptors (Lipinski definition) is 10. The number of hydrogen-bond donors (Lipinski definition) is 1. The summed E-state index contributed by atoms with van der Waals surface area (Å²) in [6, 6.07) is 20.9. The zero-order valence-corrected chi connectivity index (χ0v) is 20.9. The molecule has 1 N–H and O–H groups in total. The molecular weight excluding hydrogens is 490 g/mol. The number of aryl methyl sites for hydroxylation is 1. The molecule has 0 aliphatic rings. The summed E-state index contributed by atoms with van der Waals surface area (Å²) < 4.78 is 12.0. The van der Waals surface area contributed by atoms with Gasteiger partial charge in [-0.1, -0.05) is 53.7 Å². The van der Waals surface area contributed by atoms with E-state index < -0.39 is 24.2 Å². The first-order valence-electron chi connectivity index (χ1n) is 11.5. The molecule has 0 saturated heterocycles. The number of aromatic nitrogens is 5. The summed E-state index contributed by atoms with van der Waals surface area (Å²) in [5, 5.41) is 18.6. The lowest BCUT2D eigenvalue weighted by Crippen LogP contribution is -2.36. The number of oxime groups is 1. The van der Waals surface area contributed by atoms with E-state index in [9.17, 15) is 9.59 Å². The van der Waals surface area contributed by atoms with Crippen LogP contribution < -0.4 is 10.1 Å². The van der Waals surface area contributed by atoms with Crippen LogP contribution >= 0.6 is 0 Å². The summed E-state index contributed by atoms with van der Waals surface area (Å²) in [4.78, 5) is 35.4. The maximum Gasteiger partial charge on any atom is 0.303 e. The number of carbonyl (C=O) groups is 2. The van der Waals surface area contributed by atoms with Crippen molar-refractivity contribution in [3.05, 3.63) is 102 Å². The number of benzene rings is 2. The standard InChI is InChI=1S/C26H25N7O5/c1-17(34)37-23(19-12-14-20(36-3)15-13-19)25(35)28-26(21-11-7-8-16-27-21)38-30-22(18-9-5-4-6-10-18)24-29-31-32-33(24)2/h4-16,23,26H,1-3H3,(H,28,35)/b30-22-. The Labute approximate surface area is 218 Å². The zero-order valence-electron chi connectivity index (χ0n) is 20.9. The Bertz CT molecular complexity index is 1390. The van der Waals surface area contributed by atoms with Gasteiger partial charge in [-0.2, -0.15) is 0 Å². The molecule has 4 aromatic rings. The predicted molar refractivity (Wildman–Crippen MR) is 135 cm³/mol. The van der Waals surface area contributed by atoms with Crippen LogP contribution in [0.4, 0.5) is 0 Å². The van der Waals surface area contributed by atoms with E-state index in [2.05, 4.69) is 31.0 Å². The smallest absolute Gasteiger partial charge is 0.303 e. The largest absolute Gasteiger partial charge is 0.497 e. The Hall–Kier alpha value is -5.13. The molecule has 12 heteroatoms. The van der Waals surface area contributed by atoms with Gasteiger partial charge < -0.3 is 19.6 Å². The third-order valence-electron chi connectivity index (χ3n) is 5.30. The van der Waals surface area contributed by atoms with Crippen molar-refractivity contribution in [3.8, 4) is 5.75 Å². The van der Waals surface area contributed by atoms with Crippen LogP contribution in [0.3, 0.4) is 0 Å². The molecule has 0 saturated carbocycles. The Kier molecular flexibility index (Phi) is 8.34. The molecule has 4 rings (SSSR count). The third-order valence-corrected chi connectivity index (χ3v) is 5.30. The van der Waals surface area contributed by atoms with E-state index in [0.29, 0.717) is 34.1 Å². The maximum absolute atomic E-state index is 13.4. The van der Waals surface area contributed by atoms with Crippen LogP contribution in [-0.4, -0.2) is 49.9 Å². The highest BCUT2D eigenvalue weighted by Gasteiger charge is 2.28. The lowest BCUT2D eigenvalue weighted by molar-refractivity contribution is -0.156. The molecule has 0 aliphatic carbocycles. The number of rotatable bonds is 10. The summed E-state index contributed by atoms with van der Waals surface area (Å²) in [6.07, 6.45) is -0.840. The molecule has 2 aromatic heterocycles. The number of nitrogens with zero attached hydrogens (tertiary/aromatic N) is 6. The first-order valence-corrected chi connectivity index (χ1v) is 11.5. The van der Waals surface area contributed by atoms with Crippen molar-refractivity contribution in [1.82, 2.24) is 30.5 Å². The Morgan fingerprint density at radius 3 is 2.34 bits per heavy atom. The number of amides is 1. The number of nitrogens with one attached hydrogen (secondary N) is 1. The highest BCUT2D eigenvalue weighted by molar-refractivity contribution is 6.10. The number of carbonyl (C=O) groups excluding carboxylic acids is 2. The molecule has 38 heavy (non-hydrogen) atoms. The lowest BCUT2D eigenvalue weighted by atomic mass is 10.1. The van der Waals surface area contributed by atoms with Crippen LogP contribution in [-0.2, 0) is 26.2 Å². The van der Waals surface area contributed by atoms with E-state index >= 15 is 0 Å². The average Bonchev–Trinajstić information content (AvgIpc) is 3.37. The summed E-state index contributed by atoms with van der Waals surface area (Å²) in [7, 11) is 3.20. The maximum atomic E-state index is 13.4. The number of pyridine rings is 1. The molecule has 0 spiro atoms.